The highest BCUT2D eigenvalue weighted by Gasteiger charge is 2.19. The molecule has 1 unspecified atom stereocenters. The minimum absolute atomic E-state index is 0.0734. The first-order valence-electron chi connectivity index (χ1n) is 9.02. The maximum absolute atomic E-state index is 11.9. The largest absolute Gasteiger partial charge is 0.444 e. The molecule has 0 aromatic heterocycles. The maximum Gasteiger partial charge on any atom is 0.407 e. The molecule has 7 heteroatoms. The molecule has 0 bridgehead atoms. The van der Waals surface area contributed by atoms with Crippen LogP contribution in [0.4, 0.5) is 4.79 Å². The highest BCUT2D eigenvalue weighted by atomic mass is 16.6. The number of ether oxygens (including phenoxy) is 2. The average molecular weight is 359 g/mol. The fourth-order valence-corrected chi connectivity index (χ4v) is 1.95. The van der Waals surface area contributed by atoms with Crippen molar-refractivity contribution in [2.45, 2.75) is 78.0 Å². The molecule has 0 aliphatic heterocycles. The summed E-state index contributed by atoms with van der Waals surface area (Å²) in [6.07, 6.45) is 2.68. The zero-order valence-electron chi connectivity index (χ0n) is 17.3. The number of rotatable bonds is 9. The van der Waals surface area contributed by atoms with Crippen LogP contribution >= 0.6 is 0 Å². The van der Waals surface area contributed by atoms with E-state index >= 15 is 0 Å². The van der Waals surface area contributed by atoms with Gasteiger partial charge in [0.2, 0.25) is 0 Å². The number of hydrogen-bond donors (Lipinski definition) is 3. The first kappa shape index (κ1) is 23.5. The first-order chi connectivity index (χ1) is 11.5. The van der Waals surface area contributed by atoms with Gasteiger partial charge in [0.15, 0.2) is 5.96 Å². The van der Waals surface area contributed by atoms with Crippen LogP contribution in [0, 0.1) is 0 Å². The number of carbonyl (C=O) groups is 1. The first-order valence-corrected chi connectivity index (χ1v) is 9.02. The third-order valence-corrected chi connectivity index (χ3v) is 3.60. The van der Waals surface area contributed by atoms with Crippen molar-refractivity contribution >= 4 is 12.1 Å². The number of aliphatic imine (C=N–C) groups is 1. The number of alkyl carbamates (subject to hydrolysis) is 1. The summed E-state index contributed by atoms with van der Waals surface area (Å²) in [6, 6.07) is 0.0734. The molecule has 0 saturated heterocycles. The van der Waals surface area contributed by atoms with Crippen molar-refractivity contribution in [1.82, 2.24) is 16.0 Å². The summed E-state index contributed by atoms with van der Waals surface area (Å²) in [6.45, 7) is 12.8. The van der Waals surface area contributed by atoms with E-state index in [1.165, 1.54) is 0 Å². The number of hydrogen-bond acceptors (Lipinski definition) is 4. The Bertz CT molecular complexity index is 417. The van der Waals surface area contributed by atoms with Gasteiger partial charge < -0.3 is 25.4 Å². The van der Waals surface area contributed by atoms with Gasteiger partial charge in [0.25, 0.3) is 0 Å². The van der Waals surface area contributed by atoms with Crippen LogP contribution < -0.4 is 16.0 Å². The second-order valence-corrected chi connectivity index (χ2v) is 7.76. The summed E-state index contributed by atoms with van der Waals surface area (Å²) in [4.78, 5) is 16.1. The highest BCUT2D eigenvalue weighted by molar-refractivity contribution is 5.80. The minimum atomic E-state index is -0.500. The van der Waals surface area contributed by atoms with Crippen molar-refractivity contribution < 1.29 is 14.3 Å². The zero-order valence-corrected chi connectivity index (χ0v) is 17.3. The molecular formula is C18H38N4O3. The van der Waals surface area contributed by atoms with E-state index in [0.717, 1.165) is 19.3 Å². The molecule has 7 nitrogen and oxygen atoms in total. The smallest absolute Gasteiger partial charge is 0.407 e. The van der Waals surface area contributed by atoms with Crippen LogP contribution in [-0.2, 0) is 9.47 Å². The predicted octanol–water partition coefficient (Wildman–Crippen LogP) is 2.66. The van der Waals surface area contributed by atoms with Gasteiger partial charge in [-0.25, -0.2) is 4.79 Å². The number of nitrogens with one attached hydrogen (secondary N) is 3. The van der Waals surface area contributed by atoms with Gasteiger partial charge in [-0.3, -0.25) is 4.99 Å². The molecular weight excluding hydrogens is 320 g/mol. The average Bonchev–Trinajstić information content (AvgIpc) is 2.51. The van der Waals surface area contributed by atoms with E-state index in [9.17, 15) is 4.79 Å². The van der Waals surface area contributed by atoms with E-state index in [0.29, 0.717) is 19.0 Å². The number of unbranched alkanes of at least 4 members (excludes halogenated alkanes) is 1. The lowest BCUT2D eigenvalue weighted by molar-refractivity contribution is 0.0268. The van der Waals surface area contributed by atoms with Gasteiger partial charge in [-0.2, -0.15) is 0 Å². The lowest BCUT2D eigenvalue weighted by Gasteiger charge is -2.27. The fraction of sp³-hybridized carbons (Fsp3) is 0.889. The lowest BCUT2D eigenvalue weighted by Crippen LogP contribution is -2.51. The molecule has 0 aliphatic rings. The molecule has 0 radical (unpaired) electrons. The van der Waals surface area contributed by atoms with Gasteiger partial charge in [0, 0.05) is 33.3 Å². The second kappa shape index (κ2) is 11.2. The molecule has 0 spiro atoms. The molecule has 0 saturated carbocycles. The Morgan fingerprint density at radius 3 is 2.28 bits per heavy atom. The summed E-state index contributed by atoms with van der Waals surface area (Å²) in [5, 5.41) is 9.46. The van der Waals surface area contributed by atoms with Crippen LogP contribution in [-0.4, -0.2) is 56.5 Å². The van der Waals surface area contributed by atoms with Crippen LogP contribution in [0.25, 0.3) is 0 Å². The van der Waals surface area contributed by atoms with Crippen molar-refractivity contribution in [3.05, 3.63) is 0 Å². The summed E-state index contributed by atoms with van der Waals surface area (Å²) >= 11 is 0. The Hall–Kier alpha value is -1.50. The normalized spacial score (nSPS) is 14.0. The van der Waals surface area contributed by atoms with Crippen molar-refractivity contribution in [1.29, 1.82) is 0 Å². The van der Waals surface area contributed by atoms with Crippen LogP contribution in [0.15, 0.2) is 4.99 Å². The van der Waals surface area contributed by atoms with Crippen molar-refractivity contribution in [2.75, 3.05) is 27.2 Å². The molecule has 3 N–H and O–H groups in total. The van der Waals surface area contributed by atoms with Gasteiger partial charge in [-0.1, -0.05) is 19.8 Å². The lowest BCUT2D eigenvalue weighted by atomic mass is 10.1. The third kappa shape index (κ3) is 12.5. The summed E-state index contributed by atoms with van der Waals surface area (Å²) in [5.74, 6) is 0.692. The Balaban J connectivity index is 4.60. The Labute approximate surface area is 153 Å². The number of guanidine groups is 1. The van der Waals surface area contributed by atoms with Crippen LogP contribution in [0.2, 0.25) is 0 Å². The van der Waals surface area contributed by atoms with Gasteiger partial charge in [0.05, 0.1) is 5.60 Å². The molecule has 148 valence electrons. The minimum Gasteiger partial charge on any atom is -0.444 e. The molecule has 1 atom stereocenters. The van der Waals surface area contributed by atoms with Gasteiger partial charge >= 0.3 is 6.09 Å². The molecule has 0 rings (SSSR count). The van der Waals surface area contributed by atoms with E-state index in [-0.39, 0.29) is 11.6 Å². The molecule has 0 aromatic rings. The van der Waals surface area contributed by atoms with E-state index in [4.69, 9.17) is 9.47 Å². The molecule has 0 aliphatic carbocycles. The van der Waals surface area contributed by atoms with Crippen LogP contribution in [0.5, 0.6) is 0 Å². The zero-order chi connectivity index (χ0) is 19.5. The Kier molecular flexibility index (Phi) is 10.5. The maximum atomic E-state index is 11.9. The number of methoxy groups -OCH3 is 1. The van der Waals surface area contributed by atoms with E-state index < -0.39 is 11.7 Å². The highest BCUT2D eigenvalue weighted by Crippen LogP contribution is 2.07. The number of amides is 1. The summed E-state index contributed by atoms with van der Waals surface area (Å²) < 4.78 is 10.7. The van der Waals surface area contributed by atoms with E-state index in [2.05, 4.69) is 27.9 Å². The summed E-state index contributed by atoms with van der Waals surface area (Å²) in [5.41, 5.74) is -0.787. The van der Waals surface area contributed by atoms with Gasteiger partial charge in [-0.15, -0.1) is 0 Å². The van der Waals surface area contributed by atoms with Crippen molar-refractivity contribution in [2.24, 2.45) is 4.99 Å². The second-order valence-electron chi connectivity index (χ2n) is 7.76. The molecule has 0 fully saturated rings. The van der Waals surface area contributed by atoms with Gasteiger partial charge in [-0.05, 0) is 41.0 Å². The Morgan fingerprint density at radius 2 is 1.80 bits per heavy atom. The monoisotopic (exact) mass is 358 g/mol. The summed E-state index contributed by atoms with van der Waals surface area (Å²) in [7, 11) is 3.42. The molecule has 0 heterocycles. The number of carbonyl (C=O) groups excluding carboxylic acids is 1. The third-order valence-electron chi connectivity index (χ3n) is 3.60. The number of nitrogens with zero attached hydrogens (tertiary/aromatic N) is 1. The van der Waals surface area contributed by atoms with Crippen molar-refractivity contribution in [3.63, 3.8) is 0 Å². The molecule has 1 amide bonds. The van der Waals surface area contributed by atoms with E-state index in [1.807, 2.05) is 34.6 Å². The van der Waals surface area contributed by atoms with Gasteiger partial charge in [0.1, 0.15) is 5.60 Å². The Morgan fingerprint density at radius 1 is 1.16 bits per heavy atom. The van der Waals surface area contributed by atoms with E-state index in [1.54, 1.807) is 14.2 Å². The van der Waals surface area contributed by atoms with Crippen molar-refractivity contribution in [3.8, 4) is 0 Å². The predicted molar refractivity (Wildman–Crippen MR) is 103 cm³/mol. The van der Waals surface area contributed by atoms with Crippen LogP contribution in [0.3, 0.4) is 0 Å². The topological polar surface area (TPSA) is 84.0 Å². The molecule has 0 aromatic carbocycles. The fourth-order valence-electron chi connectivity index (χ4n) is 1.95. The standard InChI is InChI=1S/C18H38N4O3/c1-9-10-11-14(12-20-16(23)25-17(2,3)4)22-15(19-7)21-13-18(5,6)24-8/h14H,9-13H2,1-8H3,(H,20,23)(H2,19,21,22). The molecule has 25 heavy (non-hydrogen) atoms. The SMILES string of the molecule is CCCCC(CNC(=O)OC(C)(C)C)NC(=NC)NCC(C)(C)OC. The quantitative estimate of drug-likeness (QED) is 0.436. The van der Waals surface area contributed by atoms with Crippen LogP contribution in [0.1, 0.15) is 60.8 Å².